The van der Waals surface area contributed by atoms with E-state index in [4.69, 9.17) is 5.11 Å². The van der Waals surface area contributed by atoms with Gasteiger partial charge in [0.15, 0.2) is 0 Å². The number of hydrogen-bond donors (Lipinski definition) is 1. The second kappa shape index (κ2) is 4.32. The van der Waals surface area contributed by atoms with Crippen LogP contribution in [0.15, 0.2) is 23.8 Å². The predicted molar refractivity (Wildman–Crippen MR) is 68.7 cm³/mol. The smallest absolute Gasteiger partial charge is 0.331 e. The molecule has 0 amide bonds. The summed E-state index contributed by atoms with van der Waals surface area (Å²) in [6.07, 6.45) is 7.16. The van der Waals surface area contributed by atoms with Crippen LogP contribution in [0.5, 0.6) is 0 Å². The third kappa shape index (κ3) is 2.05. The van der Waals surface area contributed by atoms with Crippen LogP contribution < -0.4 is 0 Å². The first kappa shape index (κ1) is 12.4. The maximum Gasteiger partial charge on any atom is 0.331 e. The van der Waals surface area contributed by atoms with Crippen molar-refractivity contribution in [2.45, 2.75) is 46.0 Å². The normalized spacial score (nSPS) is 36.9. The van der Waals surface area contributed by atoms with Crippen molar-refractivity contribution in [2.24, 2.45) is 17.3 Å². The fourth-order valence-corrected chi connectivity index (χ4v) is 3.67. The number of allylic oxidation sites excluding steroid dienone is 2. The van der Waals surface area contributed by atoms with Crippen molar-refractivity contribution in [2.75, 3.05) is 0 Å². The molecule has 1 fully saturated rings. The van der Waals surface area contributed by atoms with Crippen molar-refractivity contribution in [3.8, 4) is 0 Å². The first-order valence-corrected chi connectivity index (χ1v) is 6.53. The zero-order valence-corrected chi connectivity index (χ0v) is 10.8. The Labute approximate surface area is 103 Å². The molecule has 17 heavy (non-hydrogen) atoms. The van der Waals surface area contributed by atoms with E-state index in [9.17, 15) is 4.79 Å². The summed E-state index contributed by atoms with van der Waals surface area (Å²) in [6, 6.07) is 0. The summed E-state index contributed by atoms with van der Waals surface area (Å²) < 4.78 is 0. The van der Waals surface area contributed by atoms with Gasteiger partial charge in [0.2, 0.25) is 0 Å². The van der Waals surface area contributed by atoms with Gasteiger partial charge in [-0.25, -0.2) is 4.79 Å². The third-order valence-corrected chi connectivity index (χ3v) is 4.98. The molecule has 2 nitrogen and oxygen atoms in total. The lowest BCUT2D eigenvalue weighted by Crippen LogP contribution is -2.44. The molecule has 0 bridgehead atoms. The van der Waals surface area contributed by atoms with Crippen LogP contribution in [0, 0.1) is 17.3 Å². The lowest BCUT2D eigenvalue weighted by Gasteiger charge is -2.53. The highest BCUT2D eigenvalue weighted by atomic mass is 16.4. The van der Waals surface area contributed by atoms with E-state index in [-0.39, 0.29) is 0 Å². The van der Waals surface area contributed by atoms with Crippen LogP contribution in [-0.2, 0) is 4.79 Å². The van der Waals surface area contributed by atoms with Gasteiger partial charge in [0.05, 0.1) is 0 Å². The molecule has 0 saturated heterocycles. The number of rotatable bonds is 3. The van der Waals surface area contributed by atoms with Gasteiger partial charge in [-0.3, -0.25) is 0 Å². The highest BCUT2D eigenvalue weighted by Crippen LogP contribution is 2.57. The van der Waals surface area contributed by atoms with Gasteiger partial charge in [-0.15, -0.1) is 0 Å². The van der Waals surface area contributed by atoms with Gasteiger partial charge in [0.25, 0.3) is 0 Å². The average molecular weight is 234 g/mol. The maximum absolute atomic E-state index is 10.9. The Kier molecular flexibility index (Phi) is 3.15. The summed E-state index contributed by atoms with van der Waals surface area (Å²) in [4.78, 5) is 10.9. The van der Waals surface area contributed by atoms with E-state index in [1.54, 1.807) is 0 Å². The van der Waals surface area contributed by atoms with Crippen LogP contribution in [-0.4, -0.2) is 11.1 Å². The second-order valence-electron chi connectivity index (χ2n) is 5.95. The molecule has 0 aromatic carbocycles. The molecule has 0 heterocycles. The van der Waals surface area contributed by atoms with E-state index < -0.39 is 5.97 Å². The lowest BCUT2D eigenvalue weighted by atomic mass is 9.51. The topological polar surface area (TPSA) is 37.3 Å². The zero-order chi connectivity index (χ0) is 12.6. The Hall–Kier alpha value is -1.05. The molecule has 1 saturated carbocycles. The van der Waals surface area contributed by atoms with Crippen molar-refractivity contribution in [1.82, 2.24) is 0 Å². The van der Waals surface area contributed by atoms with Crippen molar-refractivity contribution >= 4 is 5.97 Å². The molecule has 2 heteroatoms. The van der Waals surface area contributed by atoms with Gasteiger partial charge < -0.3 is 5.11 Å². The van der Waals surface area contributed by atoms with Gasteiger partial charge in [-0.2, -0.15) is 0 Å². The highest BCUT2D eigenvalue weighted by molar-refractivity contribution is 5.86. The first-order chi connectivity index (χ1) is 7.95. The Bertz CT molecular complexity index is 380. The van der Waals surface area contributed by atoms with E-state index in [0.29, 0.717) is 22.8 Å². The molecule has 2 aliphatic carbocycles. The van der Waals surface area contributed by atoms with Crippen LogP contribution in [0.3, 0.4) is 0 Å². The lowest BCUT2D eigenvalue weighted by molar-refractivity contribution is -0.133. The van der Waals surface area contributed by atoms with E-state index in [1.165, 1.54) is 18.4 Å². The number of hydrogen-bond acceptors (Lipinski definition) is 1. The zero-order valence-electron chi connectivity index (χ0n) is 10.8. The largest absolute Gasteiger partial charge is 0.478 e. The fraction of sp³-hybridized carbons (Fsp3) is 0.667. The molecular weight excluding hydrogens is 212 g/mol. The molecule has 0 aromatic rings. The molecule has 0 spiro atoms. The SMILES string of the molecule is C=C(C)[C@H]1CC[C@]1(C)C1CC=C(C(=O)O)CC1. The number of carboxylic acids is 1. The molecule has 3 atom stereocenters. The third-order valence-electron chi connectivity index (χ3n) is 4.98. The fourth-order valence-electron chi connectivity index (χ4n) is 3.67. The van der Waals surface area contributed by atoms with E-state index in [2.05, 4.69) is 20.4 Å². The van der Waals surface area contributed by atoms with E-state index in [1.807, 2.05) is 6.08 Å². The summed E-state index contributed by atoms with van der Waals surface area (Å²) >= 11 is 0. The van der Waals surface area contributed by atoms with E-state index >= 15 is 0 Å². The molecule has 0 aliphatic heterocycles. The van der Waals surface area contributed by atoms with Crippen molar-refractivity contribution in [1.29, 1.82) is 0 Å². The molecule has 2 aliphatic rings. The molecule has 94 valence electrons. The van der Waals surface area contributed by atoms with Crippen LogP contribution in [0.25, 0.3) is 0 Å². The first-order valence-electron chi connectivity index (χ1n) is 6.53. The minimum Gasteiger partial charge on any atom is -0.478 e. The molecule has 1 unspecified atom stereocenters. The maximum atomic E-state index is 10.9. The number of aliphatic carboxylic acids is 1. The van der Waals surface area contributed by atoms with Crippen LogP contribution in [0.4, 0.5) is 0 Å². The Morgan fingerprint density at radius 2 is 2.24 bits per heavy atom. The van der Waals surface area contributed by atoms with Crippen LogP contribution >= 0.6 is 0 Å². The minimum atomic E-state index is -0.737. The predicted octanol–water partition coefficient (Wildman–Crippen LogP) is 3.79. The molecule has 0 radical (unpaired) electrons. The quantitative estimate of drug-likeness (QED) is 0.754. The number of carboxylic acid groups (broad SMARTS) is 1. The minimum absolute atomic E-state index is 0.367. The second-order valence-corrected chi connectivity index (χ2v) is 5.95. The molecule has 2 rings (SSSR count). The summed E-state index contributed by atoms with van der Waals surface area (Å²) in [5.74, 6) is 0.548. The van der Waals surface area contributed by atoms with Gasteiger partial charge in [-0.1, -0.05) is 25.2 Å². The highest BCUT2D eigenvalue weighted by Gasteiger charge is 2.48. The Morgan fingerprint density at radius 3 is 2.59 bits per heavy atom. The average Bonchev–Trinajstić information content (AvgIpc) is 2.26. The van der Waals surface area contributed by atoms with Crippen LogP contribution in [0.1, 0.15) is 46.0 Å². The van der Waals surface area contributed by atoms with Gasteiger partial charge >= 0.3 is 5.97 Å². The Balaban J connectivity index is 2.06. The van der Waals surface area contributed by atoms with Gasteiger partial charge in [0, 0.05) is 5.57 Å². The Morgan fingerprint density at radius 1 is 1.53 bits per heavy atom. The van der Waals surface area contributed by atoms with Crippen molar-refractivity contribution in [3.63, 3.8) is 0 Å². The van der Waals surface area contributed by atoms with Gasteiger partial charge in [-0.05, 0) is 56.3 Å². The standard InChI is InChI=1S/C15H22O2/c1-10(2)13-8-9-15(13,3)12-6-4-11(5-7-12)14(16)17/h4,12-13H,1,5-9H2,2-3H3,(H,16,17)/t12?,13-,15-/m1/s1. The summed E-state index contributed by atoms with van der Waals surface area (Å²) in [5.41, 5.74) is 2.27. The summed E-state index contributed by atoms with van der Waals surface area (Å²) in [6.45, 7) is 8.59. The summed E-state index contributed by atoms with van der Waals surface area (Å²) in [7, 11) is 0. The van der Waals surface area contributed by atoms with E-state index in [0.717, 1.165) is 19.3 Å². The molecule has 1 N–H and O–H groups in total. The van der Waals surface area contributed by atoms with Gasteiger partial charge in [0.1, 0.15) is 0 Å². The number of carbonyl (C=O) groups is 1. The van der Waals surface area contributed by atoms with Crippen LogP contribution in [0.2, 0.25) is 0 Å². The van der Waals surface area contributed by atoms with Crippen molar-refractivity contribution < 1.29 is 9.90 Å². The van der Waals surface area contributed by atoms with Crippen molar-refractivity contribution in [3.05, 3.63) is 23.8 Å². The summed E-state index contributed by atoms with van der Waals surface area (Å²) in [5, 5.41) is 8.96. The molecule has 0 aromatic heterocycles. The molecular formula is C15H22O2. The monoisotopic (exact) mass is 234 g/mol.